The second kappa shape index (κ2) is 8.52. The van der Waals surface area contributed by atoms with Gasteiger partial charge in [0.2, 0.25) is 5.24 Å². The maximum atomic E-state index is 13.3. The van der Waals surface area contributed by atoms with Crippen molar-refractivity contribution in [2.45, 2.75) is 17.9 Å². The van der Waals surface area contributed by atoms with E-state index in [1.165, 1.54) is 32.2 Å². The maximum absolute atomic E-state index is 13.3. The third-order valence-electron chi connectivity index (χ3n) is 3.74. The minimum Gasteiger partial charge on any atom is -0.495 e. The molecule has 2 aromatic rings. The van der Waals surface area contributed by atoms with Crippen LogP contribution in [-0.2, 0) is 14.8 Å². The highest BCUT2D eigenvalue weighted by atomic mass is 35.5. The average Bonchev–Trinajstić information content (AvgIpc) is 2.63. The molecule has 0 amide bonds. The van der Waals surface area contributed by atoms with Crippen molar-refractivity contribution in [3.05, 3.63) is 56.6 Å². The minimum atomic E-state index is -4.43. The van der Waals surface area contributed by atoms with Gasteiger partial charge in [0, 0.05) is 12.1 Å². The molecule has 0 radical (unpaired) electrons. The Kier molecular flexibility index (Phi) is 6.76. The number of carbonyl (C=O) groups is 1. The van der Waals surface area contributed by atoms with Gasteiger partial charge in [0.25, 0.3) is 15.7 Å². The van der Waals surface area contributed by atoms with Crippen molar-refractivity contribution in [1.29, 1.82) is 0 Å². The number of ether oxygens (including phenoxy) is 1. The molecule has 2 rings (SSSR count). The molecule has 8 nitrogen and oxygen atoms in total. The third kappa shape index (κ3) is 4.33. The molecule has 12 heteroatoms. The number of carbonyl (C=O) groups excluding carboxylic acids is 1. The van der Waals surface area contributed by atoms with E-state index < -0.39 is 31.9 Å². The Balaban J connectivity index is 2.80. The summed E-state index contributed by atoms with van der Waals surface area (Å²) in [6, 6.07) is 5.48. The molecule has 2 aromatic carbocycles. The summed E-state index contributed by atoms with van der Waals surface area (Å²) in [6.45, 7) is 1.24. The number of hydrogen-bond acceptors (Lipinski definition) is 6. The summed E-state index contributed by atoms with van der Waals surface area (Å²) in [6.07, 6.45) is 0. The standard InChI is InChI=1S/C16H13Cl3N2O6S/c1-9(16(19)22)20(14-7-10(21(23)24)3-6-15(14)27-2)28(25,26)11-4-5-12(17)13(18)8-11/h3-9H,1-2H3. The summed E-state index contributed by atoms with van der Waals surface area (Å²) in [7, 11) is -3.18. The topological polar surface area (TPSA) is 107 Å². The Bertz CT molecular complexity index is 1040. The minimum absolute atomic E-state index is 0.0148. The monoisotopic (exact) mass is 466 g/mol. The Morgan fingerprint density at radius 3 is 2.32 bits per heavy atom. The molecule has 0 aliphatic heterocycles. The number of halogens is 3. The van der Waals surface area contributed by atoms with Gasteiger partial charge in [-0.05, 0) is 42.8 Å². The van der Waals surface area contributed by atoms with Crippen molar-refractivity contribution >= 4 is 61.4 Å². The molecule has 0 aromatic heterocycles. The number of anilines is 1. The molecule has 1 unspecified atom stereocenters. The molecule has 0 N–H and O–H groups in total. The molecule has 0 aliphatic carbocycles. The van der Waals surface area contributed by atoms with Crippen LogP contribution in [0.1, 0.15) is 6.92 Å². The lowest BCUT2D eigenvalue weighted by molar-refractivity contribution is -0.384. The number of sulfonamides is 1. The lowest BCUT2D eigenvalue weighted by Gasteiger charge is -2.29. The SMILES string of the molecule is COc1ccc([N+](=O)[O-])cc1N(C(C)C(=O)Cl)S(=O)(=O)c1ccc(Cl)c(Cl)c1. The molecule has 1 atom stereocenters. The Morgan fingerprint density at radius 2 is 1.82 bits per heavy atom. The Hall–Kier alpha value is -2.07. The van der Waals surface area contributed by atoms with Crippen LogP contribution in [0.4, 0.5) is 11.4 Å². The highest BCUT2D eigenvalue weighted by Crippen LogP contribution is 2.38. The third-order valence-corrected chi connectivity index (χ3v) is 6.67. The van der Waals surface area contributed by atoms with Crippen molar-refractivity contribution < 1.29 is 22.9 Å². The fourth-order valence-corrected chi connectivity index (χ4v) is 4.52. The van der Waals surface area contributed by atoms with Crippen molar-refractivity contribution in [3.8, 4) is 5.75 Å². The van der Waals surface area contributed by atoms with Crippen LogP contribution in [0.2, 0.25) is 10.0 Å². The number of nitrogens with zero attached hydrogens (tertiary/aromatic N) is 2. The van der Waals surface area contributed by atoms with Gasteiger partial charge in [-0.15, -0.1) is 0 Å². The van der Waals surface area contributed by atoms with Crippen LogP contribution in [0.25, 0.3) is 0 Å². The molecule has 0 saturated heterocycles. The van der Waals surface area contributed by atoms with E-state index in [1.807, 2.05) is 0 Å². The van der Waals surface area contributed by atoms with Crippen LogP contribution < -0.4 is 9.04 Å². The molecule has 0 spiro atoms. The zero-order chi connectivity index (χ0) is 21.2. The Morgan fingerprint density at radius 1 is 1.18 bits per heavy atom. The summed E-state index contributed by atoms with van der Waals surface area (Å²) < 4.78 is 32.3. The van der Waals surface area contributed by atoms with Gasteiger partial charge >= 0.3 is 0 Å². The van der Waals surface area contributed by atoms with E-state index in [2.05, 4.69) is 0 Å². The fourth-order valence-electron chi connectivity index (χ4n) is 2.35. The summed E-state index contributed by atoms with van der Waals surface area (Å²) in [5.74, 6) is -0.0148. The van der Waals surface area contributed by atoms with E-state index in [0.717, 1.165) is 18.2 Å². The predicted molar refractivity (Wildman–Crippen MR) is 106 cm³/mol. The van der Waals surface area contributed by atoms with Crippen LogP contribution in [0.5, 0.6) is 5.75 Å². The number of hydrogen-bond donors (Lipinski definition) is 0. The van der Waals surface area contributed by atoms with E-state index in [9.17, 15) is 23.3 Å². The predicted octanol–water partition coefficient (Wildman–Crippen LogP) is 4.26. The van der Waals surface area contributed by atoms with E-state index in [1.54, 1.807) is 0 Å². The first kappa shape index (κ1) is 22.2. The number of nitro benzene ring substituents is 1. The van der Waals surface area contributed by atoms with Crippen molar-refractivity contribution in [2.75, 3.05) is 11.4 Å². The second-order valence-corrected chi connectivity index (χ2v) is 8.47. The van der Waals surface area contributed by atoms with Gasteiger partial charge in [-0.1, -0.05) is 23.2 Å². The zero-order valence-corrected chi connectivity index (χ0v) is 17.5. The highest BCUT2D eigenvalue weighted by Gasteiger charge is 2.35. The van der Waals surface area contributed by atoms with Gasteiger partial charge in [-0.3, -0.25) is 19.2 Å². The maximum Gasteiger partial charge on any atom is 0.271 e. The quantitative estimate of drug-likeness (QED) is 0.342. The first-order valence-corrected chi connectivity index (χ1v) is 10.1. The normalized spacial score (nSPS) is 12.3. The van der Waals surface area contributed by atoms with E-state index in [-0.39, 0.29) is 26.4 Å². The largest absolute Gasteiger partial charge is 0.495 e. The van der Waals surface area contributed by atoms with Crippen molar-refractivity contribution in [1.82, 2.24) is 0 Å². The zero-order valence-electron chi connectivity index (χ0n) is 14.4. The number of non-ortho nitro benzene ring substituents is 1. The first-order valence-electron chi connectivity index (χ1n) is 7.52. The molecule has 28 heavy (non-hydrogen) atoms. The molecule has 0 aliphatic rings. The lowest BCUT2D eigenvalue weighted by atomic mass is 10.2. The van der Waals surface area contributed by atoms with Crippen LogP contribution in [-0.4, -0.2) is 31.7 Å². The number of methoxy groups -OCH3 is 1. The highest BCUT2D eigenvalue weighted by molar-refractivity contribution is 7.93. The van der Waals surface area contributed by atoms with Gasteiger partial charge in [-0.25, -0.2) is 8.42 Å². The van der Waals surface area contributed by atoms with Crippen LogP contribution >= 0.6 is 34.8 Å². The van der Waals surface area contributed by atoms with Crippen LogP contribution in [0.3, 0.4) is 0 Å². The number of nitro groups is 1. The Labute approximate surface area is 175 Å². The summed E-state index contributed by atoms with van der Waals surface area (Å²) in [4.78, 5) is 22.0. The molecule has 150 valence electrons. The van der Waals surface area contributed by atoms with E-state index in [0.29, 0.717) is 4.31 Å². The number of benzene rings is 2. The van der Waals surface area contributed by atoms with Gasteiger partial charge in [0.05, 0.1) is 27.0 Å². The van der Waals surface area contributed by atoms with Crippen LogP contribution in [0.15, 0.2) is 41.3 Å². The molecular formula is C16H13Cl3N2O6S. The fraction of sp³-hybridized carbons (Fsp3) is 0.188. The molecular weight excluding hydrogens is 455 g/mol. The summed E-state index contributed by atoms with van der Waals surface area (Å²) >= 11 is 17.3. The smallest absolute Gasteiger partial charge is 0.271 e. The van der Waals surface area contributed by atoms with Crippen LogP contribution in [0, 0.1) is 10.1 Å². The number of rotatable bonds is 7. The van der Waals surface area contributed by atoms with Crippen molar-refractivity contribution in [2.24, 2.45) is 0 Å². The van der Waals surface area contributed by atoms with Gasteiger partial charge < -0.3 is 4.74 Å². The van der Waals surface area contributed by atoms with E-state index >= 15 is 0 Å². The van der Waals surface area contributed by atoms with Gasteiger partial charge in [0.15, 0.2) is 0 Å². The van der Waals surface area contributed by atoms with Gasteiger partial charge in [-0.2, -0.15) is 0 Å². The second-order valence-electron chi connectivity index (χ2n) is 5.47. The summed E-state index contributed by atoms with van der Waals surface area (Å²) in [5, 5.41) is 10.2. The van der Waals surface area contributed by atoms with Gasteiger partial charge in [0.1, 0.15) is 17.5 Å². The molecule has 0 bridgehead atoms. The summed E-state index contributed by atoms with van der Waals surface area (Å²) in [5.41, 5.74) is -0.636. The average molecular weight is 468 g/mol. The lowest BCUT2D eigenvalue weighted by Crippen LogP contribution is -2.42. The first-order chi connectivity index (χ1) is 13.0. The molecule has 0 fully saturated rings. The van der Waals surface area contributed by atoms with E-state index in [4.69, 9.17) is 39.5 Å². The molecule has 0 saturated carbocycles. The van der Waals surface area contributed by atoms with Crippen molar-refractivity contribution in [3.63, 3.8) is 0 Å². The molecule has 0 heterocycles.